The quantitative estimate of drug-likeness (QED) is 0.942. The van der Waals surface area contributed by atoms with Gasteiger partial charge in [-0.25, -0.2) is 4.98 Å². The van der Waals surface area contributed by atoms with Crippen molar-refractivity contribution < 1.29 is 9.84 Å². The number of ether oxygens (including phenoxy) is 1. The Hall–Kier alpha value is -0.360. The van der Waals surface area contributed by atoms with Crippen LogP contribution in [0.2, 0.25) is 5.02 Å². The van der Waals surface area contributed by atoms with Crippen LogP contribution in [0.5, 0.6) is 5.75 Å². The number of fused-ring (bicyclic) bond motifs is 1. The Labute approximate surface area is 110 Å². The molecule has 0 aliphatic heterocycles. The molecule has 2 rings (SSSR count). The molecule has 1 heterocycles. The van der Waals surface area contributed by atoms with Gasteiger partial charge in [0.1, 0.15) is 17.9 Å². The van der Waals surface area contributed by atoms with Gasteiger partial charge in [-0.05, 0) is 22.9 Å². The van der Waals surface area contributed by atoms with Crippen LogP contribution in [0.15, 0.2) is 9.98 Å². The number of rotatable bonds is 3. The van der Waals surface area contributed by atoms with Gasteiger partial charge in [0.2, 0.25) is 0 Å². The van der Waals surface area contributed by atoms with E-state index in [0.29, 0.717) is 10.8 Å². The average Bonchev–Trinajstić information content (AvgIpc) is 2.62. The lowest BCUT2D eigenvalue weighted by molar-refractivity contribution is 0.201. The lowest BCUT2D eigenvalue weighted by atomic mass is 10.2. The number of thiazole rings is 1. The molecule has 1 aromatic carbocycles. The minimum Gasteiger partial charge on any atom is -0.491 e. The van der Waals surface area contributed by atoms with E-state index in [4.69, 9.17) is 21.4 Å². The third kappa shape index (κ3) is 2.18. The number of hydrogen-bond acceptors (Lipinski definition) is 4. The van der Waals surface area contributed by atoms with Crippen molar-refractivity contribution >= 4 is 49.1 Å². The molecule has 0 aliphatic rings. The molecule has 86 valence electrons. The maximum absolute atomic E-state index is 8.73. The van der Waals surface area contributed by atoms with Crippen molar-refractivity contribution in [2.75, 3.05) is 13.2 Å². The van der Waals surface area contributed by atoms with Crippen molar-refractivity contribution in [1.29, 1.82) is 0 Å². The Kier molecular flexibility index (Phi) is 3.69. The number of aliphatic hydroxyl groups excluding tert-OH is 1. The first-order valence-corrected chi connectivity index (χ1v) is 6.61. The molecule has 0 unspecified atom stereocenters. The molecule has 0 atom stereocenters. The lowest BCUT2D eigenvalue weighted by Crippen LogP contribution is -2.02. The minimum atomic E-state index is -0.0124. The number of nitrogens with zero attached hydrogens (tertiary/aromatic N) is 1. The van der Waals surface area contributed by atoms with Crippen LogP contribution < -0.4 is 4.74 Å². The van der Waals surface area contributed by atoms with E-state index in [1.54, 1.807) is 0 Å². The zero-order chi connectivity index (χ0) is 11.7. The molecular weight excluding hydrogens is 314 g/mol. The molecule has 2 aromatic rings. The normalized spacial score (nSPS) is 11.0. The number of benzene rings is 1. The van der Waals surface area contributed by atoms with E-state index in [2.05, 4.69) is 20.9 Å². The molecule has 0 saturated heterocycles. The predicted octanol–water partition coefficient (Wildman–Crippen LogP) is 3.39. The van der Waals surface area contributed by atoms with Crippen LogP contribution in [0, 0.1) is 6.92 Å². The van der Waals surface area contributed by atoms with Crippen LogP contribution in [0.1, 0.15) is 5.56 Å². The molecule has 0 saturated carbocycles. The van der Waals surface area contributed by atoms with Gasteiger partial charge in [-0.1, -0.05) is 11.6 Å². The summed E-state index contributed by atoms with van der Waals surface area (Å²) in [5.74, 6) is 0.697. The molecule has 0 fully saturated rings. The van der Waals surface area contributed by atoms with E-state index in [0.717, 1.165) is 19.7 Å². The van der Waals surface area contributed by atoms with Crippen LogP contribution in [-0.4, -0.2) is 23.3 Å². The first kappa shape index (κ1) is 12.1. The summed E-state index contributed by atoms with van der Waals surface area (Å²) in [6.07, 6.45) is 0. The molecule has 1 N–H and O–H groups in total. The highest BCUT2D eigenvalue weighted by atomic mass is 79.9. The molecule has 0 aliphatic carbocycles. The average molecular weight is 323 g/mol. The van der Waals surface area contributed by atoms with Gasteiger partial charge in [0.25, 0.3) is 0 Å². The predicted molar refractivity (Wildman–Crippen MR) is 69.6 cm³/mol. The Balaban J connectivity index is 2.54. The molecule has 3 nitrogen and oxygen atoms in total. The Bertz CT molecular complexity index is 529. The van der Waals surface area contributed by atoms with Gasteiger partial charge in [-0.15, -0.1) is 11.3 Å². The number of aromatic nitrogens is 1. The molecular formula is C10H9BrClNO2S. The van der Waals surface area contributed by atoms with Gasteiger partial charge >= 0.3 is 0 Å². The maximum Gasteiger partial charge on any atom is 0.160 e. The number of halogens is 2. The van der Waals surface area contributed by atoms with Gasteiger partial charge in [0.05, 0.1) is 16.3 Å². The molecule has 0 bridgehead atoms. The van der Waals surface area contributed by atoms with Crippen LogP contribution in [0.25, 0.3) is 10.2 Å². The highest BCUT2D eigenvalue weighted by Gasteiger charge is 2.13. The highest BCUT2D eigenvalue weighted by molar-refractivity contribution is 9.11. The summed E-state index contributed by atoms with van der Waals surface area (Å²) in [4.78, 5) is 4.29. The number of aliphatic hydroxyl groups is 1. The SMILES string of the molecule is Cc1c(OCCO)cc2sc(Br)nc2c1Cl. The van der Waals surface area contributed by atoms with E-state index in [1.165, 1.54) is 11.3 Å². The second-order valence-corrected chi connectivity index (χ2v) is 5.88. The van der Waals surface area contributed by atoms with E-state index in [1.807, 2.05) is 13.0 Å². The summed E-state index contributed by atoms with van der Waals surface area (Å²) in [7, 11) is 0. The van der Waals surface area contributed by atoms with Gasteiger partial charge in [0, 0.05) is 11.6 Å². The van der Waals surface area contributed by atoms with E-state index >= 15 is 0 Å². The van der Waals surface area contributed by atoms with Crippen LogP contribution in [0.4, 0.5) is 0 Å². The molecule has 6 heteroatoms. The first-order chi connectivity index (χ1) is 7.63. The molecule has 0 spiro atoms. The summed E-state index contributed by atoms with van der Waals surface area (Å²) >= 11 is 11.0. The summed E-state index contributed by atoms with van der Waals surface area (Å²) < 4.78 is 7.18. The lowest BCUT2D eigenvalue weighted by Gasteiger charge is -2.09. The second kappa shape index (κ2) is 4.87. The van der Waals surface area contributed by atoms with Gasteiger partial charge in [0.15, 0.2) is 3.92 Å². The van der Waals surface area contributed by atoms with Crippen molar-refractivity contribution in [3.63, 3.8) is 0 Å². The molecule has 16 heavy (non-hydrogen) atoms. The fourth-order valence-corrected chi connectivity index (χ4v) is 3.10. The van der Waals surface area contributed by atoms with Gasteiger partial charge in [-0.3, -0.25) is 0 Å². The summed E-state index contributed by atoms with van der Waals surface area (Å²) in [6.45, 7) is 2.13. The Morgan fingerprint density at radius 3 is 3.06 bits per heavy atom. The Morgan fingerprint density at radius 1 is 1.62 bits per heavy atom. The molecule has 0 amide bonds. The van der Waals surface area contributed by atoms with E-state index < -0.39 is 0 Å². The van der Waals surface area contributed by atoms with Crippen LogP contribution in [0.3, 0.4) is 0 Å². The van der Waals surface area contributed by atoms with E-state index in [9.17, 15) is 0 Å². The number of hydrogen-bond donors (Lipinski definition) is 1. The fraction of sp³-hybridized carbons (Fsp3) is 0.300. The molecule has 1 aromatic heterocycles. The molecule has 0 radical (unpaired) electrons. The third-order valence-corrected chi connectivity index (χ3v) is 4.06. The van der Waals surface area contributed by atoms with Crippen molar-refractivity contribution in [2.45, 2.75) is 6.92 Å². The van der Waals surface area contributed by atoms with E-state index in [-0.39, 0.29) is 13.2 Å². The maximum atomic E-state index is 8.73. The fourth-order valence-electron chi connectivity index (χ4n) is 1.38. The van der Waals surface area contributed by atoms with Crippen molar-refractivity contribution in [2.24, 2.45) is 0 Å². The summed E-state index contributed by atoms with van der Waals surface area (Å²) in [5.41, 5.74) is 1.63. The smallest absolute Gasteiger partial charge is 0.160 e. The van der Waals surface area contributed by atoms with Crippen molar-refractivity contribution in [3.8, 4) is 5.75 Å². The van der Waals surface area contributed by atoms with Gasteiger partial charge in [-0.2, -0.15) is 0 Å². The van der Waals surface area contributed by atoms with Crippen molar-refractivity contribution in [1.82, 2.24) is 4.98 Å². The zero-order valence-corrected chi connectivity index (χ0v) is 11.6. The van der Waals surface area contributed by atoms with Crippen LogP contribution in [-0.2, 0) is 0 Å². The monoisotopic (exact) mass is 321 g/mol. The van der Waals surface area contributed by atoms with Crippen LogP contribution >= 0.6 is 38.9 Å². The largest absolute Gasteiger partial charge is 0.491 e. The minimum absolute atomic E-state index is 0.0124. The topological polar surface area (TPSA) is 42.4 Å². The standard InChI is InChI=1S/C10H9BrClNO2S/c1-5-6(15-3-2-14)4-7-9(8(5)12)13-10(11)16-7/h4,14H,2-3H2,1H3. The summed E-state index contributed by atoms with van der Waals surface area (Å²) in [6, 6.07) is 1.90. The highest BCUT2D eigenvalue weighted by Crippen LogP contribution is 2.37. The second-order valence-electron chi connectivity index (χ2n) is 3.20. The zero-order valence-electron chi connectivity index (χ0n) is 8.46. The Morgan fingerprint density at radius 2 is 2.38 bits per heavy atom. The third-order valence-electron chi connectivity index (χ3n) is 2.15. The van der Waals surface area contributed by atoms with Crippen molar-refractivity contribution in [3.05, 3.63) is 20.6 Å². The first-order valence-electron chi connectivity index (χ1n) is 4.62. The summed E-state index contributed by atoms with van der Waals surface area (Å²) in [5, 5.41) is 9.33. The van der Waals surface area contributed by atoms with Gasteiger partial charge < -0.3 is 9.84 Å².